The van der Waals surface area contributed by atoms with Crippen molar-refractivity contribution in [3.8, 4) is 66.8 Å². The molecule has 0 fully saturated rings. The van der Waals surface area contributed by atoms with E-state index in [1.165, 1.54) is 0 Å². The average molecular weight is 751 g/mol. The van der Waals surface area contributed by atoms with Crippen LogP contribution in [0.3, 0.4) is 0 Å². The first-order valence-corrected chi connectivity index (χ1v) is 22.1. The monoisotopic (exact) mass is 750 g/mol. The van der Waals surface area contributed by atoms with Crippen molar-refractivity contribution in [1.29, 1.82) is 0 Å². The van der Waals surface area contributed by atoms with Crippen LogP contribution in [0.5, 0.6) is 0 Å². The molecule has 0 amide bonds. The lowest BCUT2D eigenvalue weighted by Crippen LogP contribution is -2.63. The van der Waals surface area contributed by atoms with Crippen LogP contribution in [0.15, 0.2) is 237 Å². The maximum absolute atomic E-state index is 8.81. The molecule has 0 saturated carbocycles. The van der Waals surface area contributed by atoms with Gasteiger partial charge < -0.3 is 0 Å². The highest BCUT2D eigenvalue weighted by Crippen LogP contribution is 2.33. The lowest BCUT2D eigenvalue weighted by atomic mass is 9.99. The van der Waals surface area contributed by atoms with Gasteiger partial charge in [-0.2, -0.15) is 0 Å². The predicted octanol–water partition coefficient (Wildman–Crippen LogP) is 12.9. The molecule has 0 aliphatic heterocycles. The molecular formula is C54H39ClSi. The van der Waals surface area contributed by atoms with Gasteiger partial charge in [0.05, 0.1) is 0 Å². The van der Waals surface area contributed by atoms with Gasteiger partial charge in [-0.25, -0.2) is 0 Å². The fourth-order valence-corrected chi connectivity index (χ4v) is 11.9. The van der Waals surface area contributed by atoms with Gasteiger partial charge >= 0.3 is 0 Å². The van der Waals surface area contributed by atoms with E-state index in [-0.39, 0.29) is 0 Å². The Bertz CT molecular complexity index is 2240. The van der Waals surface area contributed by atoms with E-state index < -0.39 is 7.38 Å². The van der Waals surface area contributed by atoms with Gasteiger partial charge in [-0.05, 0) is 101 Å². The maximum atomic E-state index is 8.81. The van der Waals surface area contributed by atoms with Crippen molar-refractivity contribution >= 4 is 34.0 Å². The lowest BCUT2D eigenvalue weighted by Gasteiger charge is -2.30. The summed E-state index contributed by atoms with van der Waals surface area (Å²) in [5.41, 5.74) is 13.8. The minimum Gasteiger partial charge on any atom is -0.149 e. The molecule has 0 radical (unpaired) electrons. The van der Waals surface area contributed by atoms with Crippen LogP contribution in [-0.2, 0) is 0 Å². The predicted molar refractivity (Wildman–Crippen MR) is 242 cm³/mol. The van der Waals surface area contributed by atoms with Gasteiger partial charge in [0.1, 0.15) is 0 Å². The summed E-state index contributed by atoms with van der Waals surface area (Å²) in [4.78, 5) is 0. The first kappa shape index (κ1) is 35.2. The molecule has 56 heavy (non-hydrogen) atoms. The van der Waals surface area contributed by atoms with Gasteiger partial charge in [-0.15, -0.1) is 11.1 Å². The van der Waals surface area contributed by atoms with E-state index in [1.54, 1.807) is 0 Å². The Morgan fingerprint density at radius 3 is 0.518 bits per heavy atom. The van der Waals surface area contributed by atoms with E-state index in [9.17, 15) is 0 Å². The number of benzene rings is 9. The third-order valence-electron chi connectivity index (χ3n) is 10.6. The molecule has 2 heteroatoms. The molecule has 0 unspecified atom stereocenters. The molecule has 0 atom stereocenters. The van der Waals surface area contributed by atoms with Gasteiger partial charge in [-0.3, -0.25) is 0 Å². The molecule has 266 valence electrons. The molecule has 0 bridgehead atoms. The maximum Gasteiger partial charge on any atom is 0.248 e. The fourth-order valence-electron chi connectivity index (χ4n) is 7.76. The standard InChI is InChI=1S/C54H39ClSi/c55-56(52-34-46(40-19-7-1-8-20-40)31-47(35-52)41-21-9-2-10-22-41,53-36-48(42-23-11-3-12-24-42)32-49(37-53)43-25-13-4-14-26-43)54-38-50(44-27-15-5-16-28-44)33-51(39-54)45-29-17-6-18-30-45/h1-39H. The first-order valence-electron chi connectivity index (χ1n) is 19.1. The summed E-state index contributed by atoms with van der Waals surface area (Å²) >= 11 is 8.81. The van der Waals surface area contributed by atoms with E-state index in [1.807, 2.05) is 0 Å². The summed E-state index contributed by atoms with van der Waals surface area (Å²) in [5, 5.41) is 3.40. The zero-order chi connectivity index (χ0) is 37.7. The zero-order valence-corrected chi connectivity index (χ0v) is 32.7. The number of hydrogen-bond donors (Lipinski definition) is 0. The van der Waals surface area contributed by atoms with E-state index >= 15 is 0 Å². The van der Waals surface area contributed by atoms with Crippen LogP contribution in [0.2, 0.25) is 0 Å². The fraction of sp³-hybridized carbons (Fsp3) is 0. The van der Waals surface area contributed by atoms with Gasteiger partial charge in [0.15, 0.2) is 0 Å². The summed E-state index contributed by atoms with van der Waals surface area (Å²) in [6, 6.07) is 85.2. The topological polar surface area (TPSA) is 0 Å². The summed E-state index contributed by atoms with van der Waals surface area (Å²) in [6.45, 7) is 0. The number of hydrogen-bond acceptors (Lipinski definition) is 0. The molecule has 9 aromatic rings. The molecule has 0 saturated heterocycles. The minimum atomic E-state index is -3.39. The summed E-state index contributed by atoms with van der Waals surface area (Å²) in [5.74, 6) is 0. The molecule has 9 aromatic carbocycles. The Labute approximate surface area is 335 Å². The quantitative estimate of drug-likeness (QED) is 0.0783. The van der Waals surface area contributed by atoms with Crippen LogP contribution in [0.1, 0.15) is 0 Å². The van der Waals surface area contributed by atoms with Crippen LogP contribution >= 0.6 is 11.1 Å². The van der Waals surface area contributed by atoms with Crippen LogP contribution in [0.4, 0.5) is 0 Å². The largest absolute Gasteiger partial charge is 0.248 e. The molecule has 0 aromatic heterocycles. The Kier molecular flexibility index (Phi) is 9.86. The highest BCUT2D eigenvalue weighted by molar-refractivity contribution is 7.40. The van der Waals surface area contributed by atoms with Gasteiger partial charge in [0, 0.05) is 0 Å². The molecule has 0 spiro atoms. The van der Waals surface area contributed by atoms with Crippen LogP contribution in [0, 0.1) is 0 Å². The molecule has 0 nitrogen and oxygen atoms in total. The molecule has 0 aliphatic rings. The van der Waals surface area contributed by atoms with E-state index in [2.05, 4.69) is 237 Å². The van der Waals surface area contributed by atoms with Crippen LogP contribution in [0.25, 0.3) is 66.8 Å². The lowest BCUT2D eigenvalue weighted by molar-refractivity contribution is 1.58. The second-order valence-corrected chi connectivity index (χ2v) is 19.0. The highest BCUT2D eigenvalue weighted by Gasteiger charge is 2.40. The molecule has 0 aliphatic carbocycles. The average Bonchev–Trinajstić information content (AvgIpc) is 3.30. The smallest absolute Gasteiger partial charge is 0.149 e. The first-order chi connectivity index (χ1) is 27.6. The van der Waals surface area contributed by atoms with Crippen molar-refractivity contribution < 1.29 is 0 Å². The van der Waals surface area contributed by atoms with Crippen molar-refractivity contribution in [1.82, 2.24) is 0 Å². The second kappa shape index (κ2) is 15.7. The summed E-state index contributed by atoms with van der Waals surface area (Å²) < 4.78 is 0. The van der Waals surface area contributed by atoms with Crippen molar-refractivity contribution in [2.45, 2.75) is 0 Å². The zero-order valence-electron chi connectivity index (χ0n) is 30.9. The Morgan fingerprint density at radius 1 is 0.196 bits per heavy atom. The van der Waals surface area contributed by atoms with Crippen molar-refractivity contribution in [2.24, 2.45) is 0 Å². The van der Waals surface area contributed by atoms with Gasteiger partial charge in [-0.1, -0.05) is 218 Å². The van der Waals surface area contributed by atoms with Crippen LogP contribution < -0.4 is 15.6 Å². The third kappa shape index (κ3) is 7.19. The van der Waals surface area contributed by atoms with E-state index in [0.29, 0.717) is 0 Å². The Hall–Kier alpha value is -6.51. The number of rotatable bonds is 9. The Balaban J connectivity index is 1.40. The third-order valence-corrected chi connectivity index (χ3v) is 15.9. The van der Waals surface area contributed by atoms with Gasteiger partial charge in [0.25, 0.3) is 0 Å². The Morgan fingerprint density at radius 2 is 0.357 bits per heavy atom. The van der Waals surface area contributed by atoms with Crippen molar-refractivity contribution in [3.63, 3.8) is 0 Å². The van der Waals surface area contributed by atoms with Crippen molar-refractivity contribution in [3.05, 3.63) is 237 Å². The molecule has 9 rings (SSSR count). The summed E-state index contributed by atoms with van der Waals surface area (Å²) in [7, 11) is -3.39. The van der Waals surface area contributed by atoms with E-state index in [0.717, 1.165) is 82.3 Å². The molecule has 0 heterocycles. The van der Waals surface area contributed by atoms with Crippen molar-refractivity contribution in [2.75, 3.05) is 0 Å². The second-order valence-electron chi connectivity index (χ2n) is 14.3. The van der Waals surface area contributed by atoms with Crippen LogP contribution in [-0.4, -0.2) is 7.38 Å². The minimum absolute atomic E-state index is 1.13. The molecular weight excluding hydrogens is 712 g/mol. The highest BCUT2D eigenvalue weighted by atomic mass is 35.6. The SMILES string of the molecule is Cl[Si](c1cc(-c2ccccc2)cc(-c2ccccc2)c1)(c1cc(-c2ccccc2)cc(-c2ccccc2)c1)c1cc(-c2ccccc2)cc(-c2ccccc2)c1. The van der Waals surface area contributed by atoms with Gasteiger partial charge in [0.2, 0.25) is 7.38 Å². The normalized spacial score (nSPS) is 11.3. The molecule has 0 N–H and O–H groups in total. The number of halogens is 1. The summed E-state index contributed by atoms with van der Waals surface area (Å²) in [6.07, 6.45) is 0. The van der Waals surface area contributed by atoms with E-state index in [4.69, 9.17) is 11.1 Å².